The van der Waals surface area contributed by atoms with Gasteiger partial charge in [0.1, 0.15) is 0 Å². The molecule has 0 aromatic rings. The van der Waals surface area contributed by atoms with Gasteiger partial charge in [-0.05, 0) is 19.4 Å². The second kappa shape index (κ2) is 5.83. The Kier molecular flexibility index (Phi) is 5.03. The second-order valence-electron chi connectivity index (χ2n) is 4.64. The summed E-state index contributed by atoms with van der Waals surface area (Å²) < 4.78 is 0. The Bertz CT molecular complexity index is 172. The van der Waals surface area contributed by atoms with Crippen LogP contribution in [0.1, 0.15) is 33.6 Å². The van der Waals surface area contributed by atoms with Gasteiger partial charge in [0, 0.05) is 32.7 Å². The highest BCUT2D eigenvalue weighted by atomic mass is 16.3. The van der Waals surface area contributed by atoms with Crippen molar-refractivity contribution in [2.45, 2.75) is 39.2 Å². The number of β-amino-alcohol motifs (C(OH)–C–C–N with tert-alkyl or cyclic N) is 1. The average molecular weight is 214 g/mol. The van der Waals surface area contributed by atoms with Crippen LogP contribution in [0.4, 0.5) is 0 Å². The average Bonchev–Trinajstić information content (AvgIpc) is 2.30. The topological polar surface area (TPSA) is 26.7 Å². The van der Waals surface area contributed by atoms with Crippen LogP contribution in [0.25, 0.3) is 0 Å². The van der Waals surface area contributed by atoms with Crippen molar-refractivity contribution in [3.05, 3.63) is 0 Å². The highest BCUT2D eigenvalue weighted by Crippen LogP contribution is 2.17. The first kappa shape index (κ1) is 12.9. The van der Waals surface area contributed by atoms with Gasteiger partial charge in [-0.25, -0.2) is 0 Å². The first-order valence-electron chi connectivity index (χ1n) is 6.30. The minimum Gasteiger partial charge on any atom is -0.389 e. The van der Waals surface area contributed by atoms with E-state index in [2.05, 4.69) is 30.6 Å². The molecule has 1 fully saturated rings. The molecule has 0 atom stereocenters. The van der Waals surface area contributed by atoms with E-state index >= 15 is 0 Å². The van der Waals surface area contributed by atoms with Gasteiger partial charge in [0.25, 0.3) is 0 Å². The molecule has 1 N–H and O–H groups in total. The molecule has 0 aromatic heterocycles. The van der Waals surface area contributed by atoms with Gasteiger partial charge in [0.2, 0.25) is 0 Å². The highest BCUT2D eigenvalue weighted by molar-refractivity contribution is 4.82. The molecular formula is C12H26N2O. The van der Waals surface area contributed by atoms with E-state index in [1.54, 1.807) is 0 Å². The largest absolute Gasteiger partial charge is 0.389 e. The van der Waals surface area contributed by atoms with Gasteiger partial charge in [-0.3, -0.25) is 4.90 Å². The van der Waals surface area contributed by atoms with Crippen LogP contribution in [0.2, 0.25) is 0 Å². The van der Waals surface area contributed by atoms with E-state index in [1.807, 2.05) is 0 Å². The molecule has 15 heavy (non-hydrogen) atoms. The molecule has 0 radical (unpaired) electrons. The maximum atomic E-state index is 10.2. The van der Waals surface area contributed by atoms with Crippen LogP contribution < -0.4 is 0 Å². The molecular weight excluding hydrogens is 188 g/mol. The minimum atomic E-state index is -0.464. The summed E-state index contributed by atoms with van der Waals surface area (Å²) in [6, 6.07) is 0. The predicted octanol–water partition coefficient (Wildman–Crippen LogP) is 1.17. The molecule has 3 heteroatoms. The highest BCUT2D eigenvalue weighted by Gasteiger charge is 2.27. The molecule has 1 rings (SSSR count). The molecule has 0 amide bonds. The number of likely N-dealkylation sites (N-methyl/N-ethyl adjacent to an activating group) is 1. The fourth-order valence-electron chi connectivity index (χ4n) is 2.15. The number of rotatable bonds is 5. The zero-order valence-electron chi connectivity index (χ0n) is 10.5. The van der Waals surface area contributed by atoms with Crippen molar-refractivity contribution in [1.29, 1.82) is 0 Å². The molecule has 3 nitrogen and oxygen atoms in total. The molecule has 1 heterocycles. The third kappa shape index (κ3) is 3.74. The lowest BCUT2D eigenvalue weighted by atomic mass is 9.96. The maximum Gasteiger partial charge on any atom is 0.0768 e. The first-order valence-corrected chi connectivity index (χ1v) is 6.30. The summed E-state index contributed by atoms with van der Waals surface area (Å²) in [5.74, 6) is 0. The van der Waals surface area contributed by atoms with Crippen LogP contribution in [-0.4, -0.2) is 59.8 Å². The molecule has 1 aliphatic rings. The summed E-state index contributed by atoms with van der Waals surface area (Å²) in [4.78, 5) is 4.87. The summed E-state index contributed by atoms with van der Waals surface area (Å²) in [5.41, 5.74) is -0.464. The van der Waals surface area contributed by atoms with Gasteiger partial charge in [-0.15, -0.1) is 0 Å². The summed E-state index contributed by atoms with van der Waals surface area (Å²) >= 11 is 0. The Hall–Kier alpha value is -0.120. The Morgan fingerprint density at radius 3 is 1.80 bits per heavy atom. The van der Waals surface area contributed by atoms with E-state index in [-0.39, 0.29) is 0 Å². The first-order chi connectivity index (χ1) is 7.13. The molecule has 90 valence electrons. The predicted molar refractivity (Wildman–Crippen MR) is 64.1 cm³/mol. The zero-order valence-corrected chi connectivity index (χ0v) is 10.5. The van der Waals surface area contributed by atoms with Crippen molar-refractivity contribution < 1.29 is 5.11 Å². The Morgan fingerprint density at radius 1 is 0.933 bits per heavy atom. The van der Waals surface area contributed by atoms with Gasteiger partial charge in [-0.1, -0.05) is 20.8 Å². The van der Waals surface area contributed by atoms with E-state index in [0.717, 1.165) is 52.1 Å². The SMILES string of the molecule is CCN1CCN(CC(O)(CC)CC)CC1. The summed E-state index contributed by atoms with van der Waals surface area (Å²) in [5, 5.41) is 10.2. The van der Waals surface area contributed by atoms with E-state index in [1.165, 1.54) is 0 Å². The molecule has 0 aromatic carbocycles. The normalized spacial score (nSPS) is 20.8. The zero-order chi connectivity index (χ0) is 11.3. The van der Waals surface area contributed by atoms with E-state index in [0.29, 0.717) is 0 Å². The number of nitrogens with zero attached hydrogens (tertiary/aromatic N) is 2. The van der Waals surface area contributed by atoms with Crippen molar-refractivity contribution in [1.82, 2.24) is 9.80 Å². The van der Waals surface area contributed by atoms with Crippen LogP contribution in [0.5, 0.6) is 0 Å². The van der Waals surface area contributed by atoms with Gasteiger partial charge in [0.15, 0.2) is 0 Å². The van der Waals surface area contributed by atoms with Gasteiger partial charge < -0.3 is 10.0 Å². The van der Waals surface area contributed by atoms with E-state index in [9.17, 15) is 5.11 Å². The maximum absolute atomic E-state index is 10.2. The van der Waals surface area contributed by atoms with Crippen molar-refractivity contribution in [3.8, 4) is 0 Å². The van der Waals surface area contributed by atoms with E-state index in [4.69, 9.17) is 0 Å². The van der Waals surface area contributed by atoms with Crippen molar-refractivity contribution >= 4 is 0 Å². The quantitative estimate of drug-likeness (QED) is 0.744. The fourth-order valence-corrected chi connectivity index (χ4v) is 2.15. The van der Waals surface area contributed by atoms with Crippen molar-refractivity contribution in [3.63, 3.8) is 0 Å². The Balaban J connectivity index is 2.34. The number of hydrogen-bond donors (Lipinski definition) is 1. The standard InChI is InChI=1S/C12H26N2O/c1-4-12(15,5-2)11-14-9-7-13(6-3)8-10-14/h15H,4-11H2,1-3H3. The van der Waals surface area contributed by atoms with Gasteiger partial charge in [0.05, 0.1) is 5.60 Å². The van der Waals surface area contributed by atoms with Gasteiger partial charge >= 0.3 is 0 Å². The molecule has 0 unspecified atom stereocenters. The minimum absolute atomic E-state index is 0.464. The van der Waals surface area contributed by atoms with Gasteiger partial charge in [-0.2, -0.15) is 0 Å². The third-order valence-electron chi connectivity index (χ3n) is 3.75. The summed E-state index contributed by atoms with van der Waals surface area (Å²) in [7, 11) is 0. The van der Waals surface area contributed by atoms with E-state index < -0.39 is 5.60 Å². The third-order valence-corrected chi connectivity index (χ3v) is 3.75. The van der Waals surface area contributed by atoms with Crippen molar-refractivity contribution in [2.75, 3.05) is 39.3 Å². The Labute approximate surface area is 94.1 Å². The second-order valence-corrected chi connectivity index (χ2v) is 4.64. The van der Waals surface area contributed by atoms with Crippen LogP contribution >= 0.6 is 0 Å². The molecule has 0 aliphatic carbocycles. The Morgan fingerprint density at radius 2 is 1.40 bits per heavy atom. The lowest BCUT2D eigenvalue weighted by Crippen LogP contribution is -2.51. The lowest BCUT2D eigenvalue weighted by molar-refractivity contribution is -0.0150. The molecule has 0 bridgehead atoms. The number of hydrogen-bond acceptors (Lipinski definition) is 3. The number of piperazine rings is 1. The monoisotopic (exact) mass is 214 g/mol. The van der Waals surface area contributed by atoms with Crippen molar-refractivity contribution in [2.24, 2.45) is 0 Å². The van der Waals surface area contributed by atoms with Crippen LogP contribution in [0.15, 0.2) is 0 Å². The molecule has 0 spiro atoms. The fraction of sp³-hybridized carbons (Fsp3) is 1.00. The summed E-state index contributed by atoms with van der Waals surface area (Å²) in [6.07, 6.45) is 1.72. The lowest BCUT2D eigenvalue weighted by Gasteiger charge is -2.38. The van der Waals surface area contributed by atoms with Crippen LogP contribution in [0.3, 0.4) is 0 Å². The van der Waals surface area contributed by atoms with Crippen LogP contribution in [-0.2, 0) is 0 Å². The smallest absolute Gasteiger partial charge is 0.0768 e. The summed E-state index contributed by atoms with van der Waals surface area (Å²) in [6.45, 7) is 12.9. The molecule has 0 saturated carbocycles. The molecule has 1 saturated heterocycles. The van der Waals surface area contributed by atoms with Crippen LogP contribution in [0, 0.1) is 0 Å². The molecule has 1 aliphatic heterocycles. The number of aliphatic hydroxyl groups is 1.